The lowest BCUT2D eigenvalue weighted by Crippen LogP contribution is -2.27. The summed E-state index contributed by atoms with van der Waals surface area (Å²) in [6, 6.07) is 12.0. The van der Waals surface area contributed by atoms with Crippen LogP contribution in [0.15, 0.2) is 40.9 Å². The summed E-state index contributed by atoms with van der Waals surface area (Å²) in [7, 11) is 1.72. The van der Waals surface area contributed by atoms with E-state index in [9.17, 15) is 18.4 Å². The number of nitriles is 1. The van der Waals surface area contributed by atoms with Crippen LogP contribution in [0, 0.1) is 23.0 Å². The Morgan fingerprint density at radius 2 is 1.37 bits per heavy atom. The van der Waals surface area contributed by atoms with Crippen LogP contribution in [0.4, 0.5) is 20.2 Å². The van der Waals surface area contributed by atoms with Crippen molar-refractivity contribution in [3.8, 4) is 17.3 Å². The predicted molar refractivity (Wildman–Crippen MR) is 133 cm³/mol. The average molecular weight is 541 g/mol. The van der Waals surface area contributed by atoms with Gasteiger partial charge in [-0.3, -0.25) is 9.59 Å². The first-order chi connectivity index (χ1) is 16.3. The summed E-state index contributed by atoms with van der Waals surface area (Å²) in [5.74, 6) is -1.14. The van der Waals surface area contributed by atoms with Gasteiger partial charge in [0.1, 0.15) is 23.4 Å². The van der Waals surface area contributed by atoms with E-state index < -0.39 is 16.6 Å². The summed E-state index contributed by atoms with van der Waals surface area (Å²) in [5.41, 5.74) is 1.67. The highest BCUT2D eigenvalue weighted by Crippen LogP contribution is 2.43. The smallest absolute Gasteiger partial charge is 0.234 e. The molecule has 2 aliphatic rings. The number of hydrogen-bond donors (Lipinski definition) is 2. The molecule has 1 aromatic heterocycles. The largest absolute Gasteiger partial charge is 0.335 e. The minimum atomic E-state index is -0.904. The van der Waals surface area contributed by atoms with Crippen molar-refractivity contribution < 1.29 is 18.4 Å². The molecule has 5 rings (SSSR count). The van der Waals surface area contributed by atoms with Gasteiger partial charge in [-0.2, -0.15) is 5.26 Å². The number of carbonyl (C=O) groups excluding carboxylic acids is 2. The van der Waals surface area contributed by atoms with E-state index in [1.54, 1.807) is 75.7 Å². The number of halogens is 3. The van der Waals surface area contributed by atoms with E-state index in [4.69, 9.17) is 5.26 Å². The van der Waals surface area contributed by atoms with E-state index in [2.05, 4.69) is 32.6 Å². The Hall–Kier alpha value is -3.51. The van der Waals surface area contributed by atoms with Gasteiger partial charge >= 0.3 is 0 Å². The van der Waals surface area contributed by atoms with E-state index in [1.807, 2.05) is 0 Å². The zero-order valence-electron chi connectivity index (χ0n) is 19.8. The van der Waals surface area contributed by atoms with Crippen molar-refractivity contribution in [2.45, 2.75) is 38.5 Å². The number of nitrogens with zero attached hydrogens (tertiary/aromatic N) is 2. The first-order valence-electron chi connectivity index (χ1n) is 10.8. The molecule has 0 bridgehead atoms. The van der Waals surface area contributed by atoms with Gasteiger partial charge in [0.2, 0.25) is 11.8 Å². The molecule has 2 amide bonds. The fourth-order valence-corrected chi connectivity index (χ4v) is 4.76. The average Bonchev–Trinajstić information content (AvgIpc) is 3.35. The minimum absolute atomic E-state index is 0.162. The number of aromatic nitrogens is 1. The van der Waals surface area contributed by atoms with Crippen LogP contribution in [0.25, 0.3) is 11.3 Å². The van der Waals surface area contributed by atoms with E-state index in [-0.39, 0.29) is 17.6 Å². The number of carbonyl (C=O) groups is 2. The lowest BCUT2D eigenvalue weighted by Gasteiger charge is -2.17. The van der Waals surface area contributed by atoms with Gasteiger partial charge in [-0.1, -0.05) is 0 Å². The molecule has 0 saturated heterocycles. The van der Waals surface area contributed by atoms with Gasteiger partial charge in [-0.15, -0.1) is 0 Å². The lowest BCUT2D eigenvalue weighted by molar-refractivity contribution is -0.120. The van der Waals surface area contributed by atoms with E-state index >= 15 is 0 Å². The molecule has 0 fully saturated rings. The molecule has 0 radical (unpaired) electrons. The first kappa shape index (κ1) is 24.6. The molecule has 3 heterocycles. The van der Waals surface area contributed by atoms with Crippen LogP contribution in [-0.4, -0.2) is 16.4 Å². The van der Waals surface area contributed by atoms with Crippen molar-refractivity contribution >= 4 is 39.1 Å². The summed E-state index contributed by atoms with van der Waals surface area (Å²) >= 11 is 3.11. The molecule has 2 aromatic carbocycles. The molecule has 0 spiro atoms. The van der Waals surface area contributed by atoms with Crippen molar-refractivity contribution in [3.63, 3.8) is 0 Å². The number of amides is 2. The fraction of sp³-hybridized carbons (Fsp3) is 0.269. The molecule has 6 nitrogen and oxygen atoms in total. The Bertz CT molecular complexity index is 1450. The second kappa shape index (κ2) is 8.31. The van der Waals surface area contributed by atoms with Gasteiger partial charge in [-0.05, 0) is 80.0 Å². The highest BCUT2D eigenvalue weighted by Gasteiger charge is 2.42. The molecule has 0 saturated carbocycles. The second-order valence-corrected chi connectivity index (χ2v) is 10.4. The Kier molecular flexibility index (Phi) is 5.84. The summed E-state index contributed by atoms with van der Waals surface area (Å²) in [5, 5.41) is 14.4. The van der Waals surface area contributed by atoms with Gasteiger partial charge in [0.05, 0.1) is 21.0 Å². The van der Waals surface area contributed by atoms with Gasteiger partial charge in [-0.25, -0.2) is 8.78 Å². The van der Waals surface area contributed by atoms with Crippen LogP contribution in [0.3, 0.4) is 0 Å². The van der Waals surface area contributed by atoms with Gasteiger partial charge in [0, 0.05) is 35.1 Å². The molecule has 0 unspecified atom stereocenters. The zero-order valence-corrected chi connectivity index (χ0v) is 21.4. The highest BCUT2D eigenvalue weighted by molar-refractivity contribution is 9.10. The molecule has 2 aliphatic heterocycles. The van der Waals surface area contributed by atoms with Crippen LogP contribution in [0.1, 0.15) is 44.5 Å². The Labute approximate surface area is 210 Å². The van der Waals surface area contributed by atoms with Gasteiger partial charge in [0.15, 0.2) is 0 Å². The number of hydrogen-bond acceptors (Lipinski definition) is 3. The lowest BCUT2D eigenvalue weighted by atomic mass is 9.84. The predicted octanol–water partition coefficient (Wildman–Crippen LogP) is 5.75. The summed E-state index contributed by atoms with van der Waals surface area (Å²) < 4.78 is 30.7. The number of nitrogens with one attached hydrogen (secondary N) is 2. The first-order valence-corrected chi connectivity index (χ1v) is 11.6. The second-order valence-electron chi connectivity index (χ2n) is 9.57. The Balaban J connectivity index is 0.000000179. The molecule has 2 N–H and O–H groups in total. The van der Waals surface area contributed by atoms with Crippen molar-refractivity contribution in [2.75, 3.05) is 10.6 Å². The van der Waals surface area contributed by atoms with Crippen LogP contribution < -0.4 is 10.6 Å². The fourth-order valence-electron chi connectivity index (χ4n) is 4.43. The van der Waals surface area contributed by atoms with Gasteiger partial charge < -0.3 is 15.2 Å². The van der Waals surface area contributed by atoms with Crippen molar-refractivity contribution in [1.29, 1.82) is 5.26 Å². The standard InChI is InChI=1S/C16H14FN3O.C10H9BrFNO/c1-16(2)13-11(19-15(16)21)6-5-10(14(13)17)12-7-4-9(8-18)20(12)3;1-10(2)7-6(13-9(10)14)4-3-5(11)8(7)12/h4-7H,1-3H3,(H,19,21);3-4H,1-2H3,(H,13,14). The maximum absolute atomic E-state index is 14.9. The molecular weight excluding hydrogens is 518 g/mol. The molecule has 0 atom stereocenters. The van der Waals surface area contributed by atoms with E-state index in [0.29, 0.717) is 43.9 Å². The maximum atomic E-state index is 14.9. The van der Waals surface area contributed by atoms with E-state index in [0.717, 1.165) is 0 Å². The third-order valence-corrected chi connectivity index (χ3v) is 7.24. The molecular formula is C26H23BrF2N4O2. The van der Waals surface area contributed by atoms with Crippen LogP contribution in [0.2, 0.25) is 0 Å². The minimum Gasteiger partial charge on any atom is -0.335 e. The molecule has 35 heavy (non-hydrogen) atoms. The number of rotatable bonds is 1. The number of anilines is 2. The topological polar surface area (TPSA) is 86.9 Å². The zero-order chi connectivity index (χ0) is 25.9. The summed E-state index contributed by atoms with van der Waals surface area (Å²) in [6.07, 6.45) is 0. The van der Waals surface area contributed by atoms with Crippen LogP contribution in [-0.2, 0) is 27.5 Å². The monoisotopic (exact) mass is 540 g/mol. The molecule has 180 valence electrons. The number of benzene rings is 2. The molecule has 9 heteroatoms. The van der Waals surface area contributed by atoms with Crippen molar-refractivity contribution in [2.24, 2.45) is 7.05 Å². The van der Waals surface area contributed by atoms with Crippen LogP contribution >= 0.6 is 15.9 Å². The summed E-state index contributed by atoms with van der Waals surface area (Å²) in [4.78, 5) is 23.5. The molecule has 0 aliphatic carbocycles. The maximum Gasteiger partial charge on any atom is 0.234 e. The summed E-state index contributed by atoms with van der Waals surface area (Å²) in [6.45, 7) is 6.83. The normalized spacial score (nSPS) is 16.4. The molecule has 3 aromatic rings. The number of fused-ring (bicyclic) bond motifs is 2. The third kappa shape index (κ3) is 3.73. The SMILES string of the molecule is CC1(C)C(=O)Nc2ccc(Br)c(F)c21.Cn1c(C#N)ccc1-c1ccc2c(c1F)C(C)(C)C(=O)N2. The Morgan fingerprint density at radius 1 is 0.857 bits per heavy atom. The quantitative estimate of drug-likeness (QED) is 0.412. The van der Waals surface area contributed by atoms with Gasteiger partial charge in [0.25, 0.3) is 0 Å². The Morgan fingerprint density at radius 3 is 1.89 bits per heavy atom. The third-order valence-electron chi connectivity index (χ3n) is 6.63. The van der Waals surface area contributed by atoms with Crippen LogP contribution in [0.5, 0.6) is 0 Å². The van der Waals surface area contributed by atoms with E-state index in [1.165, 1.54) is 0 Å². The van der Waals surface area contributed by atoms with Crippen molar-refractivity contribution in [3.05, 3.63) is 69.3 Å². The highest BCUT2D eigenvalue weighted by atomic mass is 79.9. The van der Waals surface area contributed by atoms with Crippen molar-refractivity contribution in [1.82, 2.24) is 4.57 Å².